The molecule has 4 amide bonds. The first-order valence-corrected chi connectivity index (χ1v) is 15.5. The van der Waals surface area contributed by atoms with Crippen molar-refractivity contribution < 1.29 is 33.8 Å². The number of carbonyl (C=O) groups is 5. The molecule has 0 aliphatic carbocycles. The molecule has 3 aromatic rings. The van der Waals surface area contributed by atoms with Gasteiger partial charge in [0.25, 0.3) is 0 Å². The highest BCUT2D eigenvalue weighted by Gasteiger charge is 2.31. The molecule has 46 heavy (non-hydrogen) atoms. The van der Waals surface area contributed by atoms with Crippen LogP contribution in [0.15, 0.2) is 72.8 Å². The molecule has 0 fully saturated rings. The maximum atomic E-state index is 13.6. The predicted molar refractivity (Wildman–Crippen MR) is 176 cm³/mol. The fraction of sp³-hybridized carbons (Fsp3) is 0.400. The zero-order valence-electron chi connectivity index (χ0n) is 26.7. The van der Waals surface area contributed by atoms with E-state index < -0.39 is 47.9 Å². The van der Waals surface area contributed by atoms with Crippen molar-refractivity contribution in [1.82, 2.24) is 16.0 Å². The molecule has 0 bridgehead atoms. The molecule has 0 spiro atoms. The van der Waals surface area contributed by atoms with Crippen LogP contribution in [0.3, 0.4) is 0 Å². The minimum atomic E-state index is -1.18. The Kier molecular flexibility index (Phi) is 13.5. The van der Waals surface area contributed by atoms with Gasteiger partial charge < -0.3 is 31.1 Å². The standard InChI is InChI=1S/C35H44N4O7/c1-22(2)18-29(38-34(44)30(19-23(3)4)39-35(45)46-21-24-10-6-5-7-11-24)33(43)37-28(16-17-31(40)41)32(42)36-27-15-14-25-12-8-9-13-26(25)20-27/h5-15,20,22-23,28-30H,16-19,21H2,1-4H3,(H,36,42)(H,37,43)(H,38,44)(H,39,45)(H,40,41)/t28-,29+,30+/m1/s1. The van der Waals surface area contributed by atoms with E-state index in [1.165, 1.54) is 0 Å². The molecule has 246 valence electrons. The Balaban J connectivity index is 1.71. The highest BCUT2D eigenvalue weighted by Crippen LogP contribution is 2.19. The molecule has 3 rings (SSSR count). The van der Waals surface area contributed by atoms with Crippen molar-refractivity contribution in [2.75, 3.05) is 5.32 Å². The smallest absolute Gasteiger partial charge is 0.408 e. The van der Waals surface area contributed by atoms with Crippen LogP contribution in [0.4, 0.5) is 10.5 Å². The minimum Gasteiger partial charge on any atom is -0.481 e. The normalized spacial score (nSPS) is 13.0. The van der Waals surface area contributed by atoms with Gasteiger partial charge in [0, 0.05) is 12.1 Å². The Morgan fingerprint density at radius 2 is 1.24 bits per heavy atom. The summed E-state index contributed by atoms with van der Waals surface area (Å²) in [5.74, 6) is -2.91. The third-order valence-electron chi connectivity index (χ3n) is 7.17. The number of aliphatic carboxylic acids is 1. The van der Waals surface area contributed by atoms with Gasteiger partial charge in [0.15, 0.2) is 0 Å². The first kappa shape index (κ1) is 35.5. The number of hydrogen-bond donors (Lipinski definition) is 5. The largest absolute Gasteiger partial charge is 0.481 e. The van der Waals surface area contributed by atoms with E-state index in [1.807, 2.05) is 88.4 Å². The van der Waals surface area contributed by atoms with Crippen LogP contribution >= 0.6 is 0 Å². The highest BCUT2D eigenvalue weighted by molar-refractivity contribution is 6.00. The molecule has 11 nitrogen and oxygen atoms in total. The number of carbonyl (C=O) groups excluding carboxylic acids is 4. The molecule has 3 atom stereocenters. The number of alkyl carbamates (subject to hydrolysis) is 1. The van der Waals surface area contributed by atoms with Gasteiger partial charge in [-0.2, -0.15) is 0 Å². The number of rotatable bonds is 16. The average Bonchev–Trinajstić information content (AvgIpc) is 3.01. The summed E-state index contributed by atoms with van der Waals surface area (Å²) in [5, 5.41) is 22.0. The molecule has 0 unspecified atom stereocenters. The number of anilines is 1. The summed E-state index contributed by atoms with van der Waals surface area (Å²) < 4.78 is 5.30. The second kappa shape index (κ2) is 17.5. The van der Waals surface area contributed by atoms with Crippen LogP contribution in [-0.2, 0) is 30.5 Å². The van der Waals surface area contributed by atoms with Crippen LogP contribution in [0.1, 0.15) is 58.9 Å². The second-order valence-electron chi connectivity index (χ2n) is 12.1. The Labute approximate surface area is 269 Å². The number of amides is 4. The molecule has 3 aromatic carbocycles. The van der Waals surface area contributed by atoms with Gasteiger partial charge in [-0.15, -0.1) is 0 Å². The topological polar surface area (TPSA) is 163 Å². The summed E-state index contributed by atoms with van der Waals surface area (Å²) in [6.45, 7) is 7.59. The molecule has 11 heteroatoms. The zero-order chi connectivity index (χ0) is 33.6. The average molecular weight is 633 g/mol. The number of hydrogen-bond acceptors (Lipinski definition) is 6. The van der Waals surface area contributed by atoms with E-state index >= 15 is 0 Å². The summed E-state index contributed by atoms with van der Waals surface area (Å²) in [6, 6.07) is 18.9. The van der Waals surface area contributed by atoms with Crippen LogP contribution in [0, 0.1) is 11.8 Å². The fourth-order valence-electron chi connectivity index (χ4n) is 4.89. The van der Waals surface area contributed by atoms with Gasteiger partial charge in [0.05, 0.1) is 0 Å². The van der Waals surface area contributed by atoms with E-state index in [4.69, 9.17) is 4.74 Å². The van der Waals surface area contributed by atoms with E-state index in [0.717, 1.165) is 16.3 Å². The molecule has 0 heterocycles. The third-order valence-corrected chi connectivity index (χ3v) is 7.17. The van der Waals surface area contributed by atoms with Gasteiger partial charge in [-0.05, 0) is 59.6 Å². The van der Waals surface area contributed by atoms with E-state index in [2.05, 4.69) is 21.3 Å². The van der Waals surface area contributed by atoms with Crippen molar-refractivity contribution in [2.24, 2.45) is 11.8 Å². The van der Waals surface area contributed by atoms with E-state index in [9.17, 15) is 29.1 Å². The minimum absolute atomic E-state index is 0.0210. The SMILES string of the molecule is CC(C)C[C@H](NC(=O)OCc1ccccc1)C(=O)N[C@@H](CC(C)C)C(=O)N[C@H](CCC(=O)O)C(=O)Nc1ccc2ccccc2c1. The van der Waals surface area contributed by atoms with Crippen LogP contribution in [0.5, 0.6) is 0 Å². The van der Waals surface area contributed by atoms with Gasteiger partial charge in [-0.25, -0.2) is 4.79 Å². The number of carboxylic acids is 1. The molecular formula is C35H44N4O7. The first-order valence-electron chi connectivity index (χ1n) is 15.5. The van der Waals surface area contributed by atoms with Crippen molar-refractivity contribution in [2.45, 2.75) is 78.1 Å². The quantitative estimate of drug-likeness (QED) is 0.148. The molecule has 0 saturated carbocycles. The Morgan fingerprint density at radius 1 is 0.674 bits per heavy atom. The van der Waals surface area contributed by atoms with Crippen LogP contribution in [0.25, 0.3) is 10.8 Å². The second-order valence-corrected chi connectivity index (χ2v) is 12.1. The molecular weight excluding hydrogens is 588 g/mol. The predicted octanol–water partition coefficient (Wildman–Crippen LogP) is 5.00. The van der Waals surface area contributed by atoms with Gasteiger partial charge in [0.2, 0.25) is 17.7 Å². The van der Waals surface area contributed by atoms with Crippen LogP contribution in [-0.4, -0.2) is 53.0 Å². The van der Waals surface area contributed by atoms with Crippen molar-refractivity contribution in [1.29, 1.82) is 0 Å². The van der Waals surface area contributed by atoms with Crippen molar-refractivity contribution >= 4 is 46.2 Å². The Morgan fingerprint density at radius 3 is 1.85 bits per heavy atom. The van der Waals surface area contributed by atoms with Crippen molar-refractivity contribution in [3.63, 3.8) is 0 Å². The number of fused-ring (bicyclic) bond motifs is 1. The lowest BCUT2D eigenvalue weighted by atomic mass is 9.99. The van der Waals surface area contributed by atoms with E-state index in [-0.39, 0.29) is 44.1 Å². The van der Waals surface area contributed by atoms with E-state index in [0.29, 0.717) is 5.69 Å². The summed E-state index contributed by atoms with van der Waals surface area (Å²) >= 11 is 0. The van der Waals surface area contributed by atoms with E-state index in [1.54, 1.807) is 12.1 Å². The summed E-state index contributed by atoms with van der Waals surface area (Å²) in [5.41, 5.74) is 1.28. The lowest BCUT2D eigenvalue weighted by molar-refractivity contribution is -0.137. The molecule has 0 radical (unpaired) electrons. The number of nitrogens with one attached hydrogen (secondary N) is 4. The number of ether oxygens (including phenoxy) is 1. The van der Waals surface area contributed by atoms with Crippen LogP contribution < -0.4 is 21.3 Å². The Bertz CT molecular complexity index is 1490. The van der Waals surface area contributed by atoms with Crippen molar-refractivity contribution in [3.05, 3.63) is 78.4 Å². The third kappa shape index (κ3) is 11.9. The van der Waals surface area contributed by atoms with Crippen LogP contribution in [0.2, 0.25) is 0 Å². The fourth-order valence-corrected chi connectivity index (χ4v) is 4.89. The highest BCUT2D eigenvalue weighted by atomic mass is 16.5. The van der Waals surface area contributed by atoms with Gasteiger partial charge in [-0.1, -0.05) is 88.4 Å². The van der Waals surface area contributed by atoms with Crippen molar-refractivity contribution in [3.8, 4) is 0 Å². The van der Waals surface area contributed by atoms with Gasteiger partial charge in [0.1, 0.15) is 24.7 Å². The summed E-state index contributed by atoms with van der Waals surface area (Å²) in [7, 11) is 0. The maximum Gasteiger partial charge on any atom is 0.408 e. The number of benzene rings is 3. The monoisotopic (exact) mass is 632 g/mol. The summed E-state index contributed by atoms with van der Waals surface area (Å²) in [4.78, 5) is 64.3. The summed E-state index contributed by atoms with van der Waals surface area (Å²) in [6.07, 6.45) is -0.759. The molecule has 5 N–H and O–H groups in total. The Hall–Kier alpha value is -4.93. The number of carboxylic acid groups (broad SMARTS) is 1. The molecule has 0 saturated heterocycles. The molecule has 0 aliphatic heterocycles. The zero-order valence-corrected chi connectivity index (χ0v) is 26.7. The lowest BCUT2D eigenvalue weighted by Gasteiger charge is -2.26. The molecule has 0 aromatic heterocycles. The molecule has 0 aliphatic rings. The maximum absolute atomic E-state index is 13.6. The van der Waals surface area contributed by atoms with Gasteiger partial charge in [-0.3, -0.25) is 19.2 Å². The first-order chi connectivity index (χ1) is 21.9. The lowest BCUT2D eigenvalue weighted by Crippen LogP contribution is -2.56. The van der Waals surface area contributed by atoms with Gasteiger partial charge >= 0.3 is 12.1 Å².